The predicted octanol–water partition coefficient (Wildman–Crippen LogP) is 7.90. The Bertz CT molecular complexity index is 4260. The number of aliphatic hydroxyl groups is 1. The average Bonchev–Trinajstić information content (AvgIpc) is 0.667. The lowest BCUT2D eigenvalue weighted by molar-refractivity contribution is -0.346. The molecule has 588 valence electrons. The van der Waals surface area contributed by atoms with Crippen molar-refractivity contribution in [2.24, 2.45) is 33.2 Å². The number of rotatable bonds is 31. The van der Waals surface area contributed by atoms with E-state index in [2.05, 4.69) is 26.3 Å². The molecular formula is C82H100ClN7O19Si. The van der Waals surface area contributed by atoms with E-state index >= 15 is 14.4 Å². The molecule has 9 N–H and O–H groups in total. The van der Waals surface area contributed by atoms with Crippen LogP contribution in [0.2, 0.25) is 18.1 Å². The van der Waals surface area contributed by atoms with Crippen LogP contribution in [0, 0.1) is 16.7 Å². The van der Waals surface area contributed by atoms with Crippen LogP contribution in [-0.2, 0) is 88.8 Å². The first-order chi connectivity index (χ1) is 52.0. The number of ketones is 2. The zero-order valence-corrected chi connectivity index (χ0v) is 65.6. The molecule has 3 fully saturated rings. The number of nitrogens with zero attached hydrogens (tertiary/aromatic N) is 1. The third-order valence-corrected chi connectivity index (χ3v) is 26.8. The first-order valence-corrected chi connectivity index (χ1v) is 40.2. The number of nitrogens with two attached hydrogens (primary N) is 2. The number of aliphatic imine (C=N–C) groups is 1. The zero-order valence-electron chi connectivity index (χ0n) is 63.8. The van der Waals surface area contributed by atoms with Gasteiger partial charge in [-0.15, -0.1) is 11.6 Å². The number of halogens is 1. The number of fused-ring (bicyclic) bond motifs is 5. The van der Waals surface area contributed by atoms with E-state index in [1.165, 1.54) is 26.0 Å². The Morgan fingerprint density at radius 2 is 1.23 bits per heavy atom. The smallest absolute Gasteiger partial charge is 0.338 e. The van der Waals surface area contributed by atoms with E-state index in [0.29, 0.717) is 16.7 Å². The molecule has 1 heterocycles. The molecule has 3 aliphatic carbocycles. The molecule has 0 aromatic heterocycles. The largest absolute Gasteiger partial charge is 0.461 e. The maximum absolute atomic E-state index is 16.9. The number of benzene rings is 5. The van der Waals surface area contributed by atoms with Gasteiger partial charge in [-0.3, -0.25) is 48.1 Å². The van der Waals surface area contributed by atoms with Crippen molar-refractivity contribution in [1.82, 2.24) is 21.3 Å². The number of ether oxygens (including phenoxy) is 6. The summed E-state index contributed by atoms with van der Waals surface area (Å²) in [4.78, 5) is 166. The molecule has 1 aliphatic heterocycles. The Hall–Kier alpha value is -9.93. The van der Waals surface area contributed by atoms with E-state index in [4.69, 9.17) is 55.9 Å². The second kappa shape index (κ2) is 35.4. The summed E-state index contributed by atoms with van der Waals surface area (Å²) in [6, 6.07) is 37.1. The van der Waals surface area contributed by atoms with Gasteiger partial charge in [0.25, 0.3) is 5.91 Å². The van der Waals surface area contributed by atoms with Crippen LogP contribution in [-0.4, -0.2) is 169 Å². The van der Waals surface area contributed by atoms with Gasteiger partial charge in [0, 0.05) is 63.5 Å². The fourth-order valence-corrected chi connectivity index (χ4v) is 16.6. The third-order valence-electron chi connectivity index (χ3n) is 22.1. The number of hydrogen-bond acceptors (Lipinski definition) is 20. The molecule has 4 aliphatic rings. The van der Waals surface area contributed by atoms with E-state index in [-0.39, 0.29) is 60.5 Å². The van der Waals surface area contributed by atoms with Gasteiger partial charge in [0.2, 0.25) is 17.7 Å². The lowest BCUT2D eigenvalue weighted by atomic mass is 9.44. The highest BCUT2D eigenvalue weighted by molar-refractivity contribution is 6.74. The number of esters is 5. The SMILES string of the molecule is CC(=O)O[C@H]1C(=O)[C@]2(C)[C@@H](OC(=O)CCC(=O)N[C@@H](Cc3ccccc3)C(=O)N[C@@H](Cc3ccccc3)C(=O)N[C@@H](CCCN=C(N)N)C(=O)CCl)C[C@H]3OC[C@@]3(OC(C)=O)[C@H]2[C@H](OC(=O)c2ccccc2)[C@]2(O)C[C@H](OC(=O)[C@H](O[Si](C)(C)C(C)(C)C)[C@@H](NC(=O)c3ccccc3)c3ccccc3)C(C)=C1C2(C)C. The fourth-order valence-electron chi connectivity index (χ4n) is 15.2. The van der Waals surface area contributed by atoms with Gasteiger partial charge < -0.3 is 70.7 Å². The Morgan fingerprint density at radius 3 is 1.75 bits per heavy atom. The number of Topliss-reactive ketones (excluding diaryl/α,β-unsaturated/α-hetero) is 2. The van der Waals surface area contributed by atoms with Gasteiger partial charge in [0.1, 0.15) is 42.1 Å². The van der Waals surface area contributed by atoms with E-state index in [0.717, 1.165) is 13.8 Å². The van der Waals surface area contributed by atoms with Gasteiger partial charge in [0.05, 0.1) is 47.9 Å². The summed E-state index contributed by atoms with van der Waals surface area (Å²) in [6.45, 7) is 17.6. The lowest BCUT2D eigenvalue weighted by Gasteiger charge is -2.67. The van der Waals surface area contributed by atoms with Crippen LogP contribution < -0.4 is 32.7 Å². The monoisotopic (exact) mass is 1550 g/mol. The van der Waals surface area contributed by atoms with Crippen LogP contribution in [0.4, 0.5) is 0 Å². The van der Waals surface area contributed by atoms with Crippen molar-refractivity contribution < 1.29 is 90.7 Å². The summed E-state index contributed by atoms with van der Waals surface area (Å²) >= 11 is 6.00. The Kier molecular flexibility index (Phi) is 27.1. The molecule has 0 unspecified atom stereocenters. The zero-order chi connectivity index (χ0) is 80.3. The molecule has 26 nitrogen and oxygen atoms in total. The molecule has 2 saturated carbocycles. The molecule has 28 heteroatoms. The number of amides is 4. The Labute approximate surface area is 646 Å². The molecular weight excluding hydrogens is 1450 g/mol. The minimum Gasteiger partial charge on any atom is -0.461 e. The first-order valence-electron chi connectivity index (χ1n) is 36.8. The molecule has 0 radical (unpaired) electrons. The number of hydrogen-bond donors (Lipinski definition) is 7. The van der Waals surface area contributed by atoms with Gasteiger partial charge in [-0.1, -0.05) is 162 Å². The number of alkyl halides is 1. The highest BCUT2D eigenvalue weighted by atomic mass is 35.5. The molecule has 2 bridgehead atoms. The maximum atomic E-state index is 16.9. The van der Waals surface area contributed by atoms with E-state index in [1.807, 2.05) is 33.9 Å². The predicted molar refractivity (Wildman–Crippen MR) is 409 cm³/mol. The van der Waals surface area contributed by atoms with Crippen LogP contribution in [0.1, 0.15) is 144 Å². The topological polar surface area (TPSA) is 385 Å². The summed E-state index contributed by atoms with van der Waals surface area (Å²) in [5.74, 6) is -11.9. The minimum absolute atomic E-state index is 0.0268. The van der Waals surface area contributed by atoms with Crippen LogP contribution in [0.3, 0.4) is 0 Å². The molecule has 1 saturated heterocycles. The summed E-state index contributed by atoms with van der Waals surface area (Å²) < 4.78 is 45.9. The average molecular weight is 1550 g/mol. The molecule has 9 rings (SSSR count). The van der Waals surface area contributed by atoms with Crippen LogP contribution in [0.25, 0.3) is 0 Å². The van der Waals surface area contributed by atoms with Crippen LogP contribution in [0.5, 0.6) is 0 Å². The quantitative estimate of drug-likeness (QED) is 0.00324. The third kappa shape index (κ3) is 18.9. The number of carbonyl (C=O) groups is 11. The van der Waals surface area contributed by atoms with Crippen molar-refractivity contribution in [1.29, 1.82) is 0 Å². The van der Waals surface area contributed by atoms with Crippen molar-refractivity contribution in [2.45, 2.75) is 204 Å². The molecule has 4 amide bonds. The Morgan fingerprint density at radius 1 is 0.691 bits per heavy atom. The van der Waals surface area contributed by atoms with Crippen molar-refractivity contribution in [3.8, 4) is 0 Å². The van der Waals surface area contributed by atoms with Gasteiger partial charge >= 0.3 is 29.8 Å². The van der Waals surface area contributed by atoms with Gasteiger partial charge in [-0.05, 0) is 96.9 Å². The fraction of sp³-hybridized carbons (Fsp3) is 0.463. The van der Waals surface area contributed by atoms with Gasteiger partial charge in [-0.25, -0.2) is 9.59 Å². The van der Waals surface area contributed by atoms with Crippen molar-refractivity contribution in [3.05, 3.63) is 191 Å². The van der Waals surface area contributed by atoms with Crippen molar-refractivity contribution in [2.75, 3.05) is 19.0 Å². The van der Waals surface area contributed by atoms with E-state index in [1.54, 1.807) is 153 Å². The van der Waals surface area contributed by atoms with E-state index < -0.39 is 205 Å². The molecule has 5 aromatic carbocycles. The van der Waals surface area contributed by atoms with Gasteiger partial charge in [0.15, 0.2) is 43.7 Å². The maximum Gasteiger partial charge on any atom is 0.338 e. The summed E-state index contributed by atoms with van der Waals surface area (Å²) in [5.41, 5.74) is 4.11. The number of carbonyl (C=O) groups excluding carboxylic acids is 11. The molecule has 0 spiro atoms. The number of nitrogens with one attached hydrogen (secondary N) is 4. The number of guanidine groups is 1. The summed E-state index contributed by atoms with van der Waals surface area (Å²) in [7, 11) is -3.08. The second-order valence-electron chi connectivity index (χ2n) is 30.8. The van der Waals surface area contributed by atoms with E-state index in [9.17, 15) is 43.5 Å². The molecule has 110 heavy (non-hydrogen) atoms. The van der Waals surface area contributed by atoms with Crippen LogP contribution in [0.15, 0.2) is 168 Å². The molecule has 5 aromatic rings. The van der Waals surface area contributed by atoms with Crippen LogP contribution >= 0.6 is 11.6 Å². The van der Waals surface area contributed by atoms with Gasteiger partial charge in [-0.2, -0.15) is 0 Å². The Balaban J connectivity index is 1.09. The lowest BCUT2D eigenvalue weighted by Crippen LogP contribution is -2.82. The van der Waals surface area contributed by atoms with Crippen molar-refractivity contribution >= 4 is 90.9 Å². The normalized spacial score (nSPS) is 23.9. The molecule has 14 atom stereocenters. The standard InChI is InChI=1S/C82H100ClN7O19Si/c1-48-60(105-76(101)68(109-110(10,11)78(4,5)6)66(53-32-21-14-22-33-53)90-72(97)54-34-23-15-24-35-54)45-82(102)71(107-75(100)55-36-25-16-26-37-55)69-80(9,70(96)67(104-49(2)91)65(48)79(82,7)8)61(44-62-81(69,47-103-62)108-50(3)92)106-64(95)40-39-63(94)87-57(42-51-28-17-12-18-29-51)73(98)89-58(43-52-30-19-13-20-31-52)74(99)88-56(59(93)46-83)38-27-41-86-77(84)85/h12-26,28-37,56-58,60-62,66-69,71,102H,27,38-47H2,1-11H3,(H,87,94)(H,88,99)(H,89,98)(H,90,97)(H4,84,85,86)/t56-,57-,58-,60-,61-,62+,66-,67+,68+,69-,71-,80+,81-,82+/m0/s1. The summed E-state index contributed by atoms with van der Waals surface area (Å²) in [6.07, 6.45) is -12.5. The first kappa shape index (κ1) is 84.1. The highest BCUT2D eigenvalue weighted by Gasteiger charge is 2.79. The minimum atomic E-state index is -3.08. The highest BCUT2D eigenvalue weighted by Crippen LogP contribution is 2.65. The summed E-state index contributed by atoms with van der Waals surface area (Å²) in [5, 5.41) is 25.4. The van der Waals surface area contributed by atoms with Crippen molar-refractivity contribution in [3.63, 3.8) is 0 Å². The second-order valence-corrected chi connectivity index (χ2v) is 35.9.